The van der Waals surface area contributed by atoms with Crippen LogP contribution in [0.1, 0.15) is 42.0 Å². The highest BCUT2D eigenvalue weighted by Crippen LogP contribution is 2.51. The lowest BCUT2D eigenvalue weighted by molar-refractivity contribution is -0.141. The van der Waals surface area contributed by atoms with E-state index in [1.807, 2.05) is 11.8 Å². The number of methoxy groups -OCH3 is 1. The average molecular weight is 307 g/mol. The molecular weight excluding hydrogens is 282 g/mol. The number of rotatable bonds is 7. The minimum atomic E-state index is -0.0910. The van der Waals surface area contributed by atoms with Crippen molar-refractivity contribution in [3.8, 4) is 0 Å². The van der Waals surface area contributed by atoms with Crippen molar-refractivity contribution in [3.63, 3.8) is 0 Å². The van der Waals surface area contributed by atoms with Gasteiger partial charge in [-0.1, -0.05) is 29.3 Å². The molecule has 1 aliphatic rings. The van der Waals surface area contributed by atoms with E-state index in [1.54, 1.807) is 0 Å². The molecule has 1 unspecified atom stereocenters. The number of hydrogen-bond donors (Lipinski definition) is 1. The third-order valence-corrected chi connectivity index (χ3v) is 5.49. The molecule has 1 fully saturated rings. The molecule has 3 nitrogen and oxygen atoms in total. The van der Waals surface area contributed by atoms with Gasteiger partial charge < -0.3 is 10.5 Å². The molecule has 0 radical (unpaired) electrons. The molecule has 1 aromatic rings. The predicted molar refractivity (Wildman–Crippen MR) is 88.5 cm³/mol. The van der Waals surface area contributed by atoms with Crippen molar-refractivity contribution in [2.75, 3.05) is 18.6 Å². The fourth-order valence-corrected chi connectivity index (χ4v) is 4.04. The summed E-state index contributed by atoms with van der Waals surface area (Å²) in [6.07, 6.45) is 2.82. The second-order valence-electron chi connectivity index (χ2n) is 6.30. The van der Waals surface area contributed by atoms with Crippen LogP contribution >= 0.6 is 11.8 Å². The van der Waals surface area contributed by atoms with E-state index in [0.29, 0.717) is 6.42 Å². The molecule has 0 saturated heterocycles. The van der Waals surface area contributed by atoms with Crippen molar-refractivity contribution in [1.29, 1.82) is 0 Å². The quantitative estimate of drug-likeness (QED) is 0.785. The zero-order chi connectivity index (χ0) is 15.5. The minimum Gasteiger partial charge on any atom is -0.469 e. The second-order valence-corrected chi connectivity index (χ2v) is 7.33. The number of hydrogen-bond acceptors (Lipinski definition) is 4. The van der Waals surface area contributed by atoms with Crippen LogP contribution in [0.5, 0.6) is 0 Å². The van der Waals surface area contributed by atoms with Gasteiger partial charge >= 0.3 is 5.97 Å². The summed E-state index contributed by atoms with van der Waals surface area (Å²) in [4.78, 5) is 11.4. The third kappa shape index (κ3) is 4.75. The van der Waals surface area contributed by atoms with Crippen molar-refractivity contribution in [3.05, 3.63) is 34.9 Å². The summed E-state index contributed by atoms with van der Waals surface area (Å²) in [5.74, 6) is 1.80. The van der Waals surface area contributed by atoms with Gasteiger partial charge in [-0.25, -0.2) is 0 Å². The van der Waals surface area contributed by atoms with Gasteiger partial charge in [-0.2, -0.15) is 11.8 Å². The first-order chi connectivity index (χ1) is 9.94. The topological polar surface area (TPSA) is 52.3 Å². The van der Waals surface area contributed by atoms with E-state index in [1.165, 1.54) is 23.8 Å². The van der Waals surface area contributed by atoms with Gasteiger partial charge in [0.1, 0.15) is 0 Å². The highest BCUT2D eigenvalue weighted by Gasteiger charge is 2.44. The number of thioether (sulfide) groups is 1. The van der Waals surface area contributed by atoms with Crippen LogP contribution < -0.4 is 5.73 Å². The van der Waals surface area contributed by atoms with Crippen LogP contribution in [0.15, 0.2) is 18.2 Å². The Morgan fingerprint density at radius 1 is 1.33 bits per heavy atom. The molecule has 1 aromatic carbocycles. The maximum Gasteiger partial charge on any atom is 0.306 e. The molecule has 1 atom stereocenters. The SMILES string of the molecule is COC(=O)CC1(CSCC(N)c2cc(C)cc(C)c2)CC1. The van der Waals surface area contributed by atoms with Crippen LogP contribution in [0.3, 0.4) is 0 Å². The number of aryl methyl sites for hydroxylation is 2. The standard InChI is InChI=1S/C17H25NO2S/c1-12-6-13(2)8-14(7-12)15(18)10-21-11-17(4-5-17)9-16(19)20-3/h6-8,15H,4-5,9-11,18H2,1-3H3. The molecule has 0 aromatic heterocycles. The third-order valence-electron chi connectivity index (χ3n) is 4.08. The molecule has 1 aliphatic carbocycles. The highest BCUT2D eigenvalue weighted by atomic mass is 32.2. The van der Waals surface area contributed by atoms with Gasteiger partial charge in [-0.3, -0.25) is 4.79 Å². The van der Waals surface area contributed by atoms with Crippen LogP contribution in [0.4, 0.5) is 0 Å². The summed E-state index contributed by atoms with van der Waals surface area (Å²) in [7, 11) is 1.46. The van der Waals surface area contributed by atoms with Gasteiger partial charge in [0.25, 0.3) is 0 Å². The fourth-order valence-electron chi connectivity index (χ4n) is 2.65. The van der Waals surface area contributed by atoms with Crippen molar-refractivity contribution < 1.29 is 9.53 Å². The summed E-state index contributed by atoms with van der Waals surface area (Å²) in [5.41, 5.74) is 10.2. The lowest BCUT2D eigenvalue weighted by atomic mass is 10.0. The summed E-state index contributed by atoms with van der Waals surface area (Å²) in [6.45, 7) is 4.21. The molecular formula is C17H25NO2S. The number of benzene rings is 1. The summed E-state index contributed by atoms with van der Waals surface area (Å²) in [6, 6.07) is 6.56. The Balaban J connectivity index is 1.82. The van der Waals surface area contributed by atoms with Crippen molar-refractivity contribution >= 4 is 17.7 Å². The molecule has 116 valence electrons. The number of carbonyl (C=O) groups is 1. The Hall–Kier alpha value is -1.00. The molecule has 4 heteroatoms. The first kappa shape index (κ1) is 16.4. The van der Waals surface area contributed by atoms with E-state index in [2.05, 4.69) is 32.0 Å². The number of carbonyl (C=O) groups excluding carboxylic acids is 1. The Labute approximate surface area is 131 Å². The van der Waals surface area contributed by atoms with Crippen LogP contribution in [-0.2, 0) is 9.53 Å². The van der Waals surface area contributed by atoms with Crippen LogP contribution in [0, 0.1) is 19.3 Å². The first-order valence-corrected chi connectivity index (χ1v) is 8.58. The van der Waals surface area contributed by atoms with Crippen LogP contribution in [0.25, 0.3) is 0 Å². The summed E-state index contributed by atoms with van der Waals surface area (Å²) >= 11 is 1.86. The number of ether oxygens (including phenoxy) is 1. The number of nitrogens with two attached hydrogens (primary N) is 1. The smallest absolute Gasteiger partial charge is 0.306 e. The van der Waals surface area contributed by atoms with Gasteiger partial charge in [-0.05, 0) is 43.4 Å². The van der Waals surface area contributed by atoms with Crippen LogP contribution in [0.2, 0.25) is 0 Å². The van der Waals surface area contributed by atoms with Gasteiger partial charge in [0.15, 0.2) is 0 Å². The highest BCUT2D eigenvalue weighted by molar-refractivity contribution is 7.99. The van der Waals surface area contributed by atoms with Crippen molar-refractivity contribution in [2.24, 2.45) is 11.1 Å². The average Bonchev–Trinajstić information content (AvgIpc) is 3.17. The van der Waals surface area contributed by atoms with Gasteiger partial charge in [0.2, 0.25) is 0 Å². The monoisotopic (exact) mass is 307 g/mol. The maximum atomic E-state index is 11.4. The van der Waals surface area contributed by atoms with Gasteiger partial charge in [0.05, 0.1) is 13.5 Å². The lowest BCUT2D eigenvalue weighted by Gasteiger charge is -2.17. The molecule has 2 N–H and O–H groups in total. The molecule has 0 aliphatic heterocycles. The molecule has 0 heterocycles. The fraction of sp³-hybridized carbons (Fsp3) is 0.588. The summed E-state index contributed by atoms with van der Waals surface area (Å²) in [5, 5.41) is 0. The normalized spacial score (nSPS) is 17.3. The molecule has 0 amide bonds. The molecule has 0 bridgehead atoms. The van der Waals surface area contributed by atoms with Crippen LogP contribution in [-0.4, -0.2) is 24.6 Å². The van der Waals surface area contributed by atoms with Gasteiger partial charge in [-0.15, -0.1) is 0 Å². The molecule has 1 saturated carbocycles. The van der Waals surface area contributed by atoms with Crippen molar-refractivity contribution in [1.82, 2.24) is 0 Å². The van der Waals surface area contributed by atoms with Crippen molar-refractivity contribution in [2.45, 2.75) is 39.2 Å². The molecule has 2 rings (SSSR count). The Morgan fingerprint density at radius 2 is 1.95 bits per heavy atom. The lowest BCUT2D eigenvalue weighted by Crippen LogP contribution is -2.17. The Kier molecular flexibility index (Phi) is 5.33. The minimum absolute atomic E-state index is 0.0579. The predicted octanol–water partition coefficient (Wildman–Crippen LogP) is 3.38. The zero-order valence-corrected chi connectivity index (χ0v) is 14.0. The largest absolute Gasteiger partial charge is 0.469 e. The van der Waals surface area contributed by atoms with E-state index >= 15 is 0 Å². The Morgan fingerprint density at radius 3 is 2.48 bits per heavy atom. The molecule has 21 heavy (non-hydrogen) atoms. The summed E-state index contributed by atoms with van der Waals surface area (Å²) < 4.78 is 4.78. The van der Waals surface area contributed by atoms with E-state index in [-0.39, 0.29) is 17.4 Å². The molecule has 0 spiro atoms. The van der Waals surface area contributed by atoms with E-state index in [4.69, 9.17) is 10.5 Å². The van der Waals surface area contributed by atoms with E-state index in [9.17, 15) is 4.79 Å². The van der Waals surface area contributed by atoms with E-state index in [0.717, 1.165) is 24.3 Å². The van der Waals surface area contributed by atoms with E-state index < -0.39 is 0 Å². The Bertz CT molecular complexity index is 491. The maximum absolute atomic E-state index is 11.4. The van der Waals surface area contributed by atoms with Gasteiger partial charge in [0, 0.05) is 11.8 Å². The second kappa shape index (κ2) is 6.84. The zero-order valence-electron chi connectivity index (χ0n) is 13.1. The first-order valence-electron chi connectivity index (χ1n) is 7.42. The number of esters is 1.